The first-order valence-corrected chi connectivity index (χ1v) is 5.32. The van der Waals surface area contributed by atoms with E-state index >= 15 is 0 Å². The third-order valence-corrected chi connectivity index (χ3v) is 3.24. The van der Waals surface area contributed by atoms with E-state index < -0.39 is 36.6 Å². The summed E-state index contributed by atoms with van der Waals surface area (Å²) >= 11 is 0. The van der Waals surface area contributed by atoms with Gasteiger partial charge in [-0.3, -0.25) is 9.69 Å². The summed E-state index contributed by atoms with van der Waals surface area (Å²) in [5.74, 6) is -0.484. The van der Waals surface area contributed by atoms with Gasteiger partial charge in [-0.25, -0.2) is 0 Å². The van der Waals surface area contributed by atoms with Crippen LogP contribution >= 0.6 is 0 Å². The summed E-state index contributed by atoms with van der Waals surface area (Å²) in [6.07, 6.45) is -5.46. The number of esters is 1. The third kappa shape index (κ3) is 2.90. The predicted octanol–water partition coefficient (Wildman–Crippen LogP) is 0.937. The maximum Gasteiger partial charge on any atom is 0.417 e. The quantitative estimate of drug-likeness (QED) is 0.746. The standard InChI is InChI=1S/C10H16F3NO3/c1-7(8(15)17-2)14-5-3-9(16,4-6-14)10(11,12)13/h7,16H,3-6H2,1-2H3. The Morgan fingerprint density at radius 2 is 1.88 bits per heavy atom. The number of hydrogen-bond donors (Lipinski definition) is 1. The highest BCUT2D eigenvalue weighted by molar-refractivity contribution is 5.75. The van der Waals surface area contributed by atoms with E-state index in [1.165, 1.54) is 7.11 Å². The third-order valence-electron chi connectivity index (χ3n) is 3.24. The Bertz CT molecular complexity index is 285. The number of ether oxygens (including phenoxy) is 1. The molecule has 1 rings (SSSR count). The predicted molar refractivity (Wildman–Crippen MR) is 53.3 cm³/mol. The molecule has 0 aromatic heterocycles. The maximum atomic E-state index is 12.5. The van der Waals surface area contributed by atoms with Crippen LogP contribution in [0.4, 0.5) is 13.2 Å². The van der Waals surface area contributed by atoms with Gasteiger partial charge in [0.2, 0.25) is 0 Å². The van der Waals surface area contributed by atoms with Crippen LogP contribution in [0, 0.1) is 0 Å². The Kier molecular flexibility index (Phi) is 4.03. The number of nitrogens with zero attached hydrogens (tertiary/aromatic N) is 1. The number of piperidine rings is 1. The van der Waals surface area contributed by atoms with Crippen LogP contribution in [0.2, 0.25) is 0 Å². The second kappa shape index (κ2) is 4.81. The first-order valence-electron chi connectivity index (χ1n) is 5.32. The topological polar surface area (TPSA) is 49.8 Å². The normalized spacial score (nSPS) is 23.2. The lowest BCUT2D eigenvalue weighted by Gasteiger charge is -2.40. The highest BCUT2D eigenvalue weighted by atomic mass is 19.4. The van der Waals surface area contributed by atoms with Crippen LogP contribution in [0.1, 0.15) is 19.8 Å². The van der Waals surface area contributed by atoms with Crippen molar-refractivity contribution in [1.82, 2.24) is 4.90 Å². The Morgan fingerprint density at radius 1 is 1.41 bits per heavy atom. The van der Waals surface area contributed by atoms with E-state index in [4.69, 9.17) is 0 Å². The molecule has 7 heteroatoms. The van der Waals surface area contributed by atoms with Gasteiger partial charge in [0, 0.05) is 13.1 Å². The summed E-state index contributed by atoms with van der Waals surface area (Å²) in [5, 5.41) is 9.44. The molecule has 1 fully saturated rings. The number of alkyl halides is 3. The van der Waals surface area contributed by atoms with Crippen LogP contribution in [0.25, 0.3) is 0 Å². The van der Waals surface area contributed by atoms with Gasteiger partial charge in [-0.15, -0.1) is 0 Å². The van der Waals surface area contributed by atoms with Crippen LogP contribution in [0.3, 0.4) is 0 Å². The summed E-state index contributed by atoms with van der Waals surface area (Å²) in [6.45, 7) is 1.61. The average Bonchev–Trinajstić information content (AvgIpc) is 2.26. The summed E-state index contributed by atoms with van der Waals surface area (Å²) in [5.41, 5.74) is -2.63. The number of likely N-dealkylation sites (tertiary alicyclic amines) is 1. The van der Waals surface area contributed by atoms with Crippen molar-refractivity contribution in [1.29, 1.82) is 0 Å². The molecule has 1 saturated heterocycles. The van der Waals surface area contributed by atoms with Gasteiger partial charge >= 0.3 is 12.1 Å². The molecule has 0 aromatic carbocycles. The average molecular weight is 255 g/mol. The number of hydrogen-bond acceptors (Lipinski definition) is 4. The molecular weight excluding hydrogens is 239 g/mol. The molecule has 17 heavy (non-hydrogen) atoms. The molecule has 1 aliphatic rings. The van der Waals surface area contributed by atoms with Gasteiger partial charge in [-0.2, -0.15) is 13.2 Å². The van der Waals surface area contributed by atoms with E-state index in [0.717, 1.165) is 0 Å². The molecule has 0 radical (unpaired) electrons. The Morgan fingerprint density at radius 3 is 2.24 bits per heavy atom. The van der Waals surface area contributed by atoms with Crippen molar-refractivity contribution in [3.8, 4) is 0 Å². The van der Waals surface area contributed by atoms with E-state index in [2.05, 4.69) is 4.74 Å². The second-order valence-corrected chi connectivity index (χ2v) is 4.26. The number of carbonyl (C=O) groups excluding carboxylic acids is 1. The fourth-order valence-electron chi connectivity index (χ4n) is 1.88. The first kappa shape index (κ1) is 14.2. The zero-order valence-corrected chi connectivity index (χ0v) is 9.75. The van der Waals surface area contributed by atoms with Crippen molar-refractivity contribution in [2.24, 2.45) is 0 Å². The minimum Gasteiger partial charge on any atom is -0.468 e. The smallest absolute Gasteiger partial charge is 0.417 e. The maximum absolute atomic E-state index is 12.5. The molecule has 100 valence electrons. The fourth-order valence-corrected chi connectivity index (χ4v) is 1.88. The number of carbonyl (C=O) groups is 1. The molecule has 0 saturated carbocycles. The molecule has 1 heterocycles. The van der Waals surface area contributed by atoms with Crippen molar-refractivity contribution in [2.75, 3.05) is 20.2 Å². The number of methoxy groups -OCH3 is 1. The van der Waals surface area contributed by atoms with Gasteiger partial charge in [-0.05, 0) is 19.8 Å². The molecule has 1 atom stereocenters. The van der Waals surface area contributed by atoms with Crippen molar-refractivity contribution >= 4 is 5.97 Å². The van der Waals surface area contributed by atoms with Crippen molar-refractivity contribution in [3.63, 3.8) is 0 Å². The van der Waals surface area contributed by atoms with Crippen LogP contribution in [0.15, 0.2) is 0 Å². The van der Waals surface area contributed by atoms with Gasteiger partial charge < -0.3 is 9.84 Å². The molecule has 0 aliphatic carbocycles. The molecule has 1 N–H and O–H groups in total. The van der Waals surface area contributed by atoms with Crippen LogP contribution < -0.4 is 0 Å². The highest BCUT2D eigenvalue weighted by Gasteiger charge is 2.54. The van der Waals surface area contributed by atoms with Crippen molar-refractivity contribution < 1.29 is 27.8 Å². The van der Waals surface area contributed by atoms with Gasteiger partial charge in [0.25, 0.3) is 0 Å². The SMILES string of the molecule is COC(=O)C(C)N1CCC(O)(C(F)(F)F)CC1. The van der Waals surface area contributed by atoms with E-state index in [1.54, 1.807) is 11.8 Å². The number of rotatable bonds is 2. The van der Waals surface area contributed by atoms with E-state index in [1.807, 2.05) is 0 Å². The van der Waals surface area contributed by atoms with Gasteiger partial charge in [0.15, 0.2) is 5.60 Å². The Labute approximate surface area is 97.3 Å². The highest BCUT2D eigenvalue weighted by Crippen LogP contribution is 2.38. The lowest BCUT2D eigenvalue weighted by atomic mass is 9.90. The first-order chi connectivity index (χ1) is 7.71. The summed E-state index contributed by atoms with van der Waals surface area (Å²) in [6, 6.07) is -0.585. The number of aliphatic hydroxyl groups is 1. The van der Waals surface area contributed by atoms with E-state index in [-0.39, 0.29) is 13.1 Å². The molecule has 0 amide bonds. The fraction of sp³-hybridized carbons (Fsp3) is 0.900. The molecule has 0 bridgehead atoms. The van der Waals surface area contributed by atoms with E-state index in [0.29, 0.717) is 0 Å². The van der Waals surface area contributed by atoms with Gasteiger partial charge in [-0.1, -0.05) is 0 Å². The molecule has 1 unspecified atom stereocenters. The largest absolute Gasteiger partial charge is 0.468 e. The monoisotopic (exact) mass is 255 g/mol. The molecule has 4 nitrogen and oxygen atoms in total. The molecule has 1 aliphatic heterocycles. The number of halogens is 3. The van der Waals surface area contributed by atoms with Crippen LogP contribution in [-0.4, -0.2) is 54.0 Å². The molecule has 0 spiro atoms. The van der Waals surface area contributed by atoms with Crippen molar-refractivity contribution in [2.45, 2.75) is 37.6 Å². The lowest BCUT2D eigenvalue weighted by Crippen LogP contribution is -2.55. The minimum absolute atomic E-state index is 0.0201. The Hall–Kier alpha value is -0.820. The Balaban J connectivity index is 2.60. The zero-order chi connectivity index (χ0) is 13.3. The van der Waals surface area contributed by atoms with Crippen LogP contribution in [0.5, 0.6) is 0 Å². The van der Waals surface area contributed by atoms with E-state index in [9.17, 15) is 23.1 Å². The summed E-state index contributed by atoms with van der Waals surface area (Å²) in [4.78, 5) is 12.8. The van der Waals surface area contributed by atoms with Crippen molar-refractivity contribution in [3.05, 3.63) is 0 Å². The van der Waals surface area contributed by atoms with Gasteiger partial charge in [0.05, 0.1) is 7.11 Å². The minimum atomic E-state index is -4.62. The van der Waals surface area contributed by atoms with Gasteiger partial charge in [0.1, 0.15) is 6.04 Å². The lowest BCUT2D eigenvalue weighted by molar-refractivity contribution is -0.273. The molecular formula is C10H16F3NO3. The second-order valence-electron chi connectivity index (χ2n) is 4.26. The summed E-state index contributed by atoms with van der Waals surface area (Å²) < 4.78 is 42.1. The summed E-state index contributed by atoms with van der Waals surface area (Å²) in [7, 11) is 1.23. The van der Waals surface area contributed by atoms with Crippen LogP contribution in [-0.2, 0) is 9.53 Å². The zero-order valence-electron chi connectivity index (χ0n) is 9.75. The molecule has 0 aromatic rings.